The number of nitrogens with zero attached hydrogens (tertiary/aromatic N) is 1. The van der Waals surface area contributed by atoms with E-state index in [1.165, 1.54) is 0 Å². The van der Waals surface area contributed by atoms with E-state index in [-0.39, 0.29) is 12.8 Å². The smallest absolute Gasteiger partial charge is 0.370 e. The number of benzene rings is 2. The fourth-order valence-corrected chi connectivity index (χ4v) is 3.41. The summed E-state index contributed by atoms with van der Waals surface area (Å²) in [5, 5.41) is 3.83. The Hall–Kier alpha value is -1.92. The van der Waals surface area contributed by atoms with E-state index in [1.807, 2.05) is 41.3 Å². The average molecular weight is 384 g/mol. The van der Waals surface area contributed by atoms with E-state index in [1.54, 1.807) is 6.07 Å². The minimum absolute atomic E-state index is 0.0953. The topological polar surface area (TPSA) is 41.3 Å². The molecule has 1 saturated heterocycles. The van der Waals surface area contributed by atoms with E-state index >= 15 is 0 Å². The molecule has 0 bridgehead atoms. The van der Waals surface area contributed by atoms with Crippen LogP contribution in [0.3, 0.4) is 0 Å². The second-order valence-electron chi connectivity index (χ2n) is 6.50. The predicted molar refractivity (Wildman–Crippen MR) is 100 cm³/mol. The van der Waals surface area contributed by atoms with Gasteiger partial charge in [0.15, 0.2) is 0 Å². The molecule has 1 heterocycles. The van der Waals surface area contributed by atoms with E-state index in [4.69, 9.17) is 17.3 Å². The molecule has 0 saturated carbocycles. The molecule has 0 radical (unpaired) electrons. The summed E-state index contributed by atoms with van der Waals surface area (Å²) in [5.41, 5.74) is 9.14. The van der Waals surface area contributed by atoms with Crippen molar-refractivity contribution in [3.8, 4) is 0 Å². The minimum atomic E-state index is -4.12. The average Bonchev–Trinajstić information content (AvgIpc) is 2.63. The fourth-order valence-electron chi connectivity index (χ4n) is 3.17. The summed E-state index contributed by atoms with van der Waals surface area (Å²) < 4.78 is 38.5. The number of rotatable bonds is 4. The number of hydrogen-bond acceptors (Lipinski definition) is 3. The number of halogens is 4. The fraction of sp³-hybridized carbons (Fsp3) is 0.368. The third-order valence-corrected chi connectivity index (χ3v) is 5.04. The molecule has 1 aliphatic heterocycles. The van der Waals surface area contributed by atoms with Gasteiger partial charge >= 0.3 is 6.18 Å². The monoisotopic (exact) mass is 383 g/mol. The van der Waals surface area contributed by atoms with Crippen LogP contribution in [0.1, 0.15) is 18.4 Å². The van der Waals surface area contributed by atoms with Gasteiger partial charge in [0.25, 0.3) is 0 Å². The first-order valence-corrected chi connectivity index (χ1v) is 8.92. The lowest BCUT2D eigenvalue weighted by atomic mass is 9.96. The summed E-state index contributed by atoms with van der Waals surface area (Å²) in [7, 11) is 0. The van der Waals surface area contributed by atoms with Crippen LogP contribution in [-0.4, -0.2) is 19.3 Å². The van der Waals surface area contributed by atoms with Crippen molar-refractivity contribution in [3.05, 3.63) is 53.1 Å². The zero-order valence-electron chi connectivity index (χ0n) is 14.2. The highest BCUT2D eigenvalue weighted by Gasteiger charge is 2.41. The van der Waals surface area contributed by atoms with E-state index in [2.05, 4.69) is 5.32 Å². The molecule has 26 heavy (non-hydrogen) atoms. The third-order valence-electron chi connectivity index (χ3n) is 4.72. The maximum atomic E-state index is 12.8. The Labute approximate surface area is 155 Å². The lowest BCUT2D eigenvalue weighted by Gasteiger charge is -2.35. The van der Waals surface area contributed by atoms with Crippen LogP contribution in [0.15, 0.2) is 42.5 Å². The second kappa shape index (κ2) is 7.76. The maximum Gasteiger partial charge on any atom is 0.391 e. The summed E-state index contributed by atoms with van der Waals surface area (Å²) in [5.74, 6) is -1.22. The molecule has 0 unspecified atom stereocenters. The molecule has 3 nitrogen and oxygen atoms in total. The van der Waals surface area contributed by atoms with E-state index in [0.717, 1.165) is 22.6 Å². The zero-order chi connectivity index (χ0) is 18.7. The Morgan fingerprint density at radius 1 is 1.04 bits per heavy atom. The van der Waals surface area contributed by atoms with Crippen LogP contribution in [-0.2, 0) is 6.54 Å². The molecule has 0 spiro atoms. The molecule has 0 amide bonds. The van der Waals surface area contributed by atoms with Gasteiger partial charge in [-0.2, -0.15) is 13.2 Å². The number of alkyl halides is 3. The molecule has 0 atom stereocenters. The molecule has 2 aromatic rings. The van der Waals surface area contributed by atoms with Crippen molar-refractivity contribution < 1.29 is 13.2 Å². The molecule has 1 aliphatic rings. The molecular formula is C19H21ClF3N3. The van der Waals surface area contributed by atoms with Crippen molar-refractivity contribution in [3.63, 3.8) is 0 Å². The van der Waals surface area contributed by atoms with Gasteiger partial charge in [-0.05, 0) is 48.7 Å². The number of piperidine rings is 1. The first-order chi connectivity index (χ1) is 12.4. The Morgan fingerprint density at radius 3 is 2.23 bits per heavy atom. The van der Waals surface area contributed by atoms with Crippen molar-refractivity contribution in [2.24, 2.45) is 11.7 Å². The maximum absolute atomic E-state index is 12.8. The number of nitrogens with two attached hydrogens (primary N) is 1. The van der Waals surface area contributed by atoms with Crippen LogP contribution in [0.5, 0.6) is 0 Å². The Balaban J connectivity index is 1.71. The number of hydrogen-bond donors (Lipinski definition) is 2. The molecule has 0 aromatic heterocycles. The van der Waals surface area contributed by atoms with Crippen LogP contribution in [0, 0.1) is 5.92 Å². The second-order valence-corrected chi connectivity index (χ2v) is 6.90. The van der Waals surface area contributed by atoms with Gasteiger partial charge in [-0.3, -0.25) is 0 Å². The Morgan fingerprint density at radius 2 is 1.65 bits per heavy atom. The van der Waals surface area contributed by atoms with Crippen molar-refractivity contribution in [2.45, 2.75) is 25.6 Å². The van der Waals surface area contributed by atoms with Crippen LogP contribution < -0.4 is 16.0 Å². The molecule has 7 heteroatoms. The standard InChI is InChI=1S/C19H21ClF3N3/c20-17-6-5-16(25-15-3-1-13(12-24)2-4-15)11-18(17)26-9-7-14(8-10-26)19(21,22)23/h1-6,11,14,25H,7-10,12,24H2. The van der Waals surface area contributed by atoms with Gasteiger partial charge in [0.2, 0.25) is 0 Å². The summed E-state index contributed by atoms with van der Waals surface area (Å²) in [6.07, 6.45) is -3.93. The third kappa shape index (κ3) is 4.43. The summed E-state index contributed by atoms with van der Waals surface area (Å²) in [4.78, 5) is 1.92. The lowest BCUT2D eigenvalue weighted by molar-refractivity contribution is -0.179. The molecule has 140 valence electrons. The summed E-state index contributed by atoms with van der Waals surface area (Å²) >= 11 is 6.29. The van der Waals surface area contributed by atoms with Crippen LogP contribution >= 0.6 is 11.6 Å². The van der Waals surface area contributed by atoms with Gasteiger partial charge in [0, 0.05) is 31.0 Å². The highest BCUT2D eigenvalue weighted by Crippen LogP contribution is 2.38. The Kier molecular flexibility index (Phi) is 5.63. The zero-order valence-corrected chi connectivity index (χ0v) is 14.9. The van der Waals surface area contributed by atoms with E-state index < -0.39 is 12.1 Å². The largest absolute Gasteiger partial charge is 0.391 e. The van der Waals surface area contributed by atoms with Gasteiger partial charge in [0.1, 0.15) is 0 Å². The van der Waals surface area contributed by atoms with Gasteiger partial charge in [-0.1, -0.05) is 23.7 Å². The first-order valence-electron chi connectivity index (χ1n) is 8.54. The highest BCUT2D eigenvalue weighted by atomic mass is 35.5. The van der Waals surface area contributed by atoms with Gasteiger partial charge in [-0.15, -0.1) is 0 Å². The number of anilines is 3. The van der Waals surface area contributed by atoms with E-state index in [0.29, 0.717) is 24.7 Å². The molecule has 3 N–H and O–H groups in total. The van der Waals surface area contributed by atoms with Gasteiger partial charge in [0.05, 0.1) is 16.6 Å². The summed E-state index contributed by atoms with van der Waals surface area (Å²) in [6.45, 7) is 1.18. The van der Waals surface area contributed by atoms with E-state index in [9.17, 15) is 13.2 Å². The van der Waals surface area contributed by atoms with Crippen molar-refractivity contribution >= 4 is 28.7 Å². The normalized spacial score (nSPS) is 16.0. The first kappa shape index (κ1) is 18.9. The van der Waals surface area contributed by atoms with Gasteiger partial charge < -0.3 is 16.0 Å². The van der Waals surface area contributed by atoms with Crippen molar-refractivity contribution in [1.82, 2.24) is 0 Å². The minimum Gasteiger partial charge on any atom is -0.370 e. The molecule has 1 fully saturated rings. The van der Waals surface area contributed by atoms with Crippen molar-refractivity contribution in [1.29, 1.82) is 0 Å². The molecular weight excluding hydrogens is 363 g/mol. The molecule has 0 aliphatic carbocycles. The van der Waals surface area contributed by atoms with Gasteiger partial charge in [-0.25, -0.2) is 0 Å². The Bertz CT molecular complexity index is 739. The lowest BCUT2D eigenvalue weighted by Crippen LogP contribution is -2.39. The van der Waals surface area contributed by atoms with Crippen LogP contribution in [0.4, 0.5) is 30.2 Å². The quantitative estimate of drug-likeness (QED) is 0.750. The SMILES string of the molecule is NCc1ccc(Nc2ccc(Cl)c(N3CCC(C(F)(F)F)CC3)c2)cc1. The van der Waals surface area contributed by atoms with Crippen LogP contribution in [0.25, 0.3) is 0 Å². The van der Waals surface area contributed by atoms with Crippen molar-refractivity contribution in [2.75, 3.05) is 23.3 Å². The molecule has 3 rings (SSSR count). The predicted octanol–water partition coefficient (Wildman–Crippen LogP) is 5.32. The molecule has 2 aromatic carbocycles. The van der Waals surface area contributed by atoms with Crippen LogP contribution in [0.2, 0.25) is 5.02 Å². The number of nitrogens with one attached hydrogen (secondary N) is 1. The summed E-state index contributed by atoms with van der Waals surface area (Å²) in [6, 6.07) is 13.3. The highest BCUT2D eigenvalue weighted by molar-refractivity contribution is 6.33.